The third kappa shape index (κ3) is 1.93. The van der Waals surface area contributed by atoms with Crippen molar-refractivity contribution in [3.05, 3.63) is 27.8 Å². The van der Waals surface area contributed by atoms with Crippen LogP contribution in [0.15, 0.2) is 6.07 Å². The van der Waals surface area contributed by atoms with Crippen LogP contribution in [0.2, 0.25) is 5.02 Å². The van der Waals surface area contributed by atoms with E-state index in [0.29, 0.717) is 22.8 Å². The minimum atomic E-state index is -0.170. The molecule has 1 aliphatic rings. The Morgan fingerprint density at radius 2 is 2.17 bits per heavy atom. The second kappa shape index (κ2) is 4.73. The van der Waals surface area contributed by atoms with Crippen molar-refractivity contribution in [1.82, 2.24) is 0 Å². The van der Waals surface area contributed by atoms with Gasteiger partial charge in [0.25, 0.3) is 0 Å². The average Bonchev–Trinajstić information content (AvgIpc) is 2.32. The standard InChI is InChI=1S/C14H15ClO3/c1-7-11(15)6-10(8(2)16)14(18-3)13(7)9-4-5-12(9)17/h6,9H,4-5H2,1-3H3. The number of rotatable bonds is 3. The van der Waals surface area contributed by atoms with Crippen LogP contribution in [-0.4, -0.2) is 18.7 Å². The lowest BCUT2D eigenvalue weighted by atomic mass is 9.76. The molecular formula is C14H15ClO3. The lowest BCUT2D eigenvalue weighted by Gasteiger charge is -2.28. The van der Waals surface area contributed by atoms with Crippen molar-refractivity contribution in [2.24, 2.45) is 0 Å². The van der Waals surface area contributed by atoms with Gasteiger partial charge >= 0.3 is 0 Å². The predicted octanol–water partition coefficient (Wildman–Crippen LogP) is 3.31. The third-order valence-corrected chi connectivity index (χ3v) is 3.92. The minimum Gasteiger partial charge on any atom is -0.496 e. The largest absolute Gasteiger partial charge is 0.496 e. The zero-order valence-corrected chi connectivity index (χ0v) is 11.4. The summed E-state index contributed by atoms with van der Waals surface area (Å²) in [5.74, 6) is 0.411. The van der Waals surface area contributed by atoms with E-state index in [1.54, 1.807) is 6.07 Å². The minimum absolute atomic E-state index is 0.109. The van der Waals surface area contributed by atoms with Crippen LogP contribution in [0.25, 0.3) is 0 Å². The number of ketones is 2. The number of hydrogen-bond donors (Lipinski definition) is 0. The maximum Gasteiger partial charge on any atom is 0.163 e. The Bertz CT molecular complexity index is 534. The number of halogens is 1. The quantitative estimate of drug-likeness (QED) is 0.789. The van der Waals surface area contributed by atoms with Gasteiger partial charge in [0.2, 0.25) is 0 Å². The molecule has 0 saturated heterocycles. The molecule has 0 bridgehead atoms. The molecule has 1 aromatic rings. The molecule has 0 spiro atoms. The van der Waals surface area contributed by atoms with Crippen molar-refractivity contribution in [2.75, 3.05) is 7.11 Å². The second-order valence-electron chi connectivity index (χ2n) is 4.59. The number of hydrogen-bond acceptors (Lipinski definition) is 3. The summed E-state index contributed by atoms with van der Waals surface area (Å²) >= 11 is 6.15. The number of ether oxygens (including phenoxy) is 1. The highest BCUT2D eigenvalue weighted by atomic mass is 35.5. The summed E-state index contributed by atoms with van der Waals surface area (Å²) in [6.45, 7) is 3.32. The summed E-state index contributed by atoms with van der Waals surface area (Å²) in [4.78, 5) is 23.3. The molecule has 1 aromatic carbocycles. The number of Topliss-reactive ketones (excluding diaryl/α,β-unsaturated/α-hetero) is 2. The van der Waals surface area contributed by atoms with Crippen molar-refractivity contribution in [3.63, 3.8) is 0 Å². The van der Waals surface area contributed by atoms with Crippen LogP contribution in [0.4, 0.5) is 0 Å². The van der Waals surface area contributed by atoms with Crippen LogP contribution in [0.1, 0.15) is 47.2 Å². The van der Waals surface area contributed by atoms with Gasteiger partial charge in [-0.2, -0.15) is 0 Å². The number of carbonyl (C=O) groups excluding carboxylic acids is 2. The van der Waals surface area contributed by atoms with E-state index in [1.807, 2.05) is 6.92 Å². The van der Waals surface area contributed by atoms with E-state index in [-0.39, 0.29) is 17.5 Å². The van der Waals surface area contributed by atoms with Gasteiger partial charge < -0.3 is 4.74 Å². The maximum absolute atomic E-state index is 11.7. The Labute approximate surface area is 111 Å². The summed E-state index contributed by atoms with van der Waals surface area (Å²) in [5, 5.41) is 0.510. The van der Waals surface area contributed by atoms with Crippen LogP contribution in [0.5, 0.6) is 5.75 Å². The molecule has 1 unspecified atom stereocenters. The van der Waals surface area contributed by atoms with Gasteiger partial charge in [-0.1, -0.05) is 11.6 Å². The molecule has 1 aliphatic carbocycles. The van der Waals surface area contributed by atoms with Gasteiger partial charge in [0, 0.05) is 22.9 Å². The van der Waals surface area contributed by atoms with Crippen molar-refractivity contribution < 1.29 is 14.3 Å². The van der Waals surface area contributed by atoms with Gasteiger partial charge in [-0.05, 0) is 31.9 Å². The van der Waals surface area contributed by atoms with Gasteiger partial charge in [0.15, 0.2) is 5.78 Å². The molecule has 0 amide bonds. The summed E-state index contributed by atoms with van der Waals surface area (Å²) in [7, 11) is 1.52. The first-order valence-electron chi connectivity index (χ1n) is 5.88. The fraction of sp³-hybridized carbons (Fsp3) is 0.429. The van der Waals surface area contributed by atoms with Crippen molar-refractivity contribution in [3.8, 4) is 5.75 Å². The highest BCUT2D eigenvalue weighted by molar-refractivity contribution is 6.32. The highest BCUT2D eigenvalue weighted by Crippen LogP contribution is 2.44. The van der Waals surface area contributed by atoms with E-state index in [9.17, 15) is 9.59 Å². The van der Waals surface area contributed by atoms with Gasteiger partial charge in [0.05, 0.1) is 12.7 Å². The molecule has 4 heteroatoms. The fourth-order valence-electron chi connectivity index (χ4n) is 2.36. The molecule has 0 radical (unpaired) electrons. The van der Waals surface area contributed by atoms with Crippen molar-refractivity contribution >= 4 is 23.2 Å². The summed E-state index contributed by atoms with van der Waals surface area (Å²) in [5.41, 5.74) is 2.06. The van der Waals surface area contributed by atoms with Gasteiger partial charge in [-0.3, -0.25) is 9.59 Å². The lowest BCUT2D eigenvalue weighted by molar-refractivity contribution is -0.125. The topological polar surface area (TPSA) is 43.4 Å². The first-order valence-corrected chi connectivity index (χ1v) is 6.25. The normalized spacial score (nSPS) is 18.4. The van der Waals surface area contributed by atoms with E-state index in [4.69, 9.17) is 16.3 Å². The molecule has 0 N–H and O–H groups in total. The van der Waals surface area contributed by atoms with E-state index in [2.05, 4.69) is 0 Å². The number of methoxy groups -OCH3 is 1. The van der Waals surface area contributed by atoms with Crippen LogP contribution in [0, 0.1) is 6.92 Å². The molecule has 3 nitrogen and oxygen atoms in total. The smallest absolute Gasteiger partial charge is 0.163 e. The Balaban J connectivity index is 2.68. The van der Waals surface area contributed by atoms with Crippen molar-refractivity contribution in [1.29, 1.82) is 0 Å². The highest BCUT2D eigenvalue weighted by Gasteiger charge is 2.35. The zero-order valence-electron chi connectivity index (χ0n) is 10.7. The monoisotopic (exact) mass is 266 g/mol. The lowest BCUT2D eigenvalue weighted by Crippen LogP contribution is -2.25. The molecule has 0 aromatic heterocycles. The summed E-state index contributed by atoms with van der Waals surface area (Å²) < 4.78 is 5.35. The first-order chi connectivity index (χ1) is 8.47. The van der Waals surface area contributed by atoms with Crippen LogP contribution < -0.4 is 4.74 Å². The molecule has 0 heterocycles. The van der Waals surface area contributed by atoms with E-state index >= 15 is 0 Å². The Kier molecular flexibility index (Phi) is 3.44. The molecule has 18 heavy (non-hydrogen) atoms. The first kappa shape index (κ1) is 13.1. The zero-order chi connectivity index (χ0) is 13.4. The van der Waals surface area contributed by atoms with E-state index < -0.39 is 0 Å². The average molecular weight is 267 g/mol. The number of benzene rings is 1. The van der Waals surface area contributed by atoms with E-state index in [1.165, 1.54) is 14.0 Å². The Morgan fingerprint density at radius 3 is 2.56 bits per heavy atom. The van der Waals surface area contributed by atoms with Gasteiger partial charge in [-0.25, -0.2) is 0 Å². The molecule has 1 saturated carbocycles. The van der Waals surface area contributed by atoms with Gasteiger partial charge in [-0.15, -0.1) is 0 Å². The van der Waals surface area contributed by atoms with Crippen molar-refractivity contribution in [2.45, 2.75) is 32.6 Å². The van der Waals surface area contributed by atoms with Crippen LogP contribution in [-0.2, 0) is 4.79 Å². The molecule has 0 aliphatic heterocycles. The summed E-state index contributed by atoms with van der Waals surface area (Å²) in [6, 6.07) is 1.62. The second-order valence-corrected chi connectivity index (χ2v) is 5.00. The Hall–Kier alpha value is -1.35. The Morgan fingerprint density at radius 1 is 1.50 bits per heavy atom. The molecule has 1 fully saturated rings. The fourth-order valence-corrected chi connectivity index (χ4v) is 2.57. The number of carbonyl (C=O) groups is 2. The maximum atomic E-state index is 11.7. The van der Waals surface area contributed by atoms with Gasteiger partial charge in [0.1, 0.15) is 11.5 Å². The SMILES string of the molecule is COc1c(C(C)=O)cc(Cl)c(C)c1C1CCC1=O. The molecule has 96 valence electrons. The van der Waals surface area contributed by atoms with Crippen LogP contribution in [0.3, 0.4) is 0 Å². The predicted molar refractivity (Wildman–Crippen MR) is 69.7 cm³/mol. The van der Waals surface area contributed by atoms with E-state index in [0.717, 1.165) is 17.5 Å². The molecular weight excluding hydrogens is 252 g/mol. The third-order valence-electron chi connectivity index (χ3n) is 3.52. The summed E-state index contributed by atoms with van der Waals surface area (Å²) in [6.07, 6.45) is 1.39. The van der Waals surface area contributed by atoms with Crippen LogP contribution >= 0.6 is 11.6 Å². The molecule has 2 rings (SSSR count). The molecule has 1 atom stereocenters.